The topological polar surface area (TPSA) is 41.5 Å². The molecule has 1 fully saturated rings. The van der Waals surface area contributed by atoms with Gasteiger partial charge in [-0.3, -0.25) is 0 Å². The quantitative estimate of drug-likeness (QED) is 0.808. The molecule has 2 unspecified atom stereocenters. The van der Waals surface area contributed by atoms with Gasteiger partial charge >= 0.3 is 0 Å². The van der Waals surface area contributed by atoms with Crippen molar-refractivity contribution in [3.8, 4) is 5.75 Å². The highest BCUT2D eigenvalue weighted by Crippen LogP contribution is 2.29. The van der Waals surface area contributed by atoms with Gasteiger partial charge in [0.25, 0.3) is 0 Å². The van der Waals surface area contributed by atoms with Gasteiger partial charge in [-0.2, -0.15) is 0 Å². The van der Waals surface area contributed by atoms with Crippen molar-refractivity contribution in [3.63, 3.8) is 0 Å². The molecule has 0 heterocycles. The number of rotatable bonds is 7. The molecule has 1 aromatic rings. The Morgan fingerprint density at radius 2 is 2.15 bits per heavy atom. The lowest BCUT2D eigenvalue weighted by molar-refractivity contribution is 0.0982. The summed E-state index contributed by atoms with van der Waals surface area (Å²) in [5, 5.41) is 14.3. The molecule has 2 atom stereocenters. The standard InChI is InChI=1S/C15H21Cl2NO2/c1-10(11-3-2-4-11)18-8-13(19)9-20-15-6-5-12(16)7-14(15)17/h5-7,10-11,13,18-19H,2-4,8-9H2,1H3. The predicted molar refractivity (Wildman–Crippen MR) is 82.8 cm³/mol. The van der Waals surface area contributed by atoms with Crippen molar-refractivity contribution in [2.45, 2.75) is 38.3 Å². The van der Waals surface area contributed by atoms with Gasteiger partial charge in [-0.05, 0) is 43.9 Å². The predicted octanol–water partition coefficient (Wildman–Crippen LogP) is 3.51. The van der Waals surface area contributed by atoms with Crippen molar-refractivity contribution >= 4 is 23.2 Å². The van der Waals surface area contributed by atoms with Crippen LogP contribution < -0.4 is 10.1 Å². The summed E-state index contributed by atoms with van der Waals surface area (Å²) in [5.74, 6) is 1.30. The Balaban J connectivity index is 1.70. The second-order valence-corrected chi connectivity index (χ2v) is 6.27. The van der Waals surface area contributed by atoms with Crippen LogP contribution in [-0.4, -0.2) is 30.4 Å². The Kier molecular flexibility index (Phi) is 5.97. The molecule has 0 spiro atoms. The van der Waals surface area contributed by atoms with Gasteiger partial charge in [-0.25, -0.2) is 0 Å². The van der Waals surface area contributed by atoms with Gasteiger partial charge in [0, 0.05) is 17.6 Å². The van der Waals surface area contributed by atoms with Crippen molar-refractivity contribution in [1.82, 2.24) is 5.32 Å². The maximum Gasteiger partial charge on any atom is 0.138 e. The monoisotopic (exact) mass is 317 g/mol. The summed E-state index contributed by atoms with van der Waals surface area (Å²) < 4.78 is 5.51. The van der Waals surface area contributed by atoms with Crippen LogP contribution in [0.3, 0.4) is 0 Å². The Morgan fingerprint density at radius 1 is 1.40 bits per heavy atom. The van der Waals surface area contributed by atoms with Gasteiger partial charge in [0.2, 0.25) is 0 Å². The van der Waals surface area contributed by atoms with Crippen LogP contribution in [0.25, 0.3) is 0 Å². The van der Waals surface area contributed by atoms with Gasteiger partial charge in [-0.15, -0.1) is 0 Å². The third-order valence-electron chi connectivity index (χ3n) is 3.86. The molecule has 0 amide bonds. The summed E-state index contributed by atoms with van der Waals surface area (Å²) in [4.78, 5) is 0. The van der Waals surface area contributed by atoms with E-state index in [2.05, 4.69) is 12.2 Å². The third-order valence-corrected chi connectivity index (χ3v) is 4.39. The van der Waals surface area contributed by atoms with Crippen molar-refractivity contribution < 1.29 is 9.84 Å². The average Bonchev–Trinajstić information content (AvgIpc) is 2.33. The summed E-state index contributed by atoms with van der Waals surface area (Å²) in [6.07, 6.45) is 3.36. The molecule has 0 aliphatic heterocycles. The van der Waals surface area contributed by atoms with Crippen LogP contribution in [-0.2, 0) is 0 Å². The van der Waals surface area contributed by atoms with E-state index in [1.54, 1.807) is 18.2 Å². The van der Waals surface area contributed by atoms with Gasteiger partial charge in [0.1, 0.15) is 18.5 Å². The zero-order valence-electron chi connectivity index (χ0n) is 11.6. The summed E-state index contributed by atoms with van der Waals surface area (Å²) in [6, 6.07) is 5.51. The second-order valence-electron chi connectivity index (χ2n) is 5.43. The SMILES string of the molecule is CC(NCC(O)COc1ccc(Cl)cc1Cl)C1CCC1. The summed E-state index contributed by atoms with van der Waals surface area (Å²) in [6.45, 7) is 2.92. The molecule has 0 saturated heterocycles. The summed E-state index contributed by atoms with van der Waals surface area (Å²) in [7, 11) is 0. The van der Waals surface area contributed by atoms with E-state index in [0.717, 1.165) is 5.92 Å². The first-order valence-electron chi connectivity index (χ1n) is 7.05. The van der Waals surface area contributed by atoms with Crippen LogP contribution >= 0.6 is 23.2 Å². The van der Waals surface area contributed by atoms with E-state index in [1.165, 1.54) is 19.3 Å². The zero-order valence-corrected chi connectivity index (χ0v) is 13.1. The van der Waals surface area contributed by atoms with Gasteiger partial charge in [-0.1, -0.05) is 29.6 Å². The zero-order chi connectivity index (χ0) is 14.5. The number of hydrogen-bond donors (Lipinski definition) is 2. The van der Waals surface area contributed by atoms with E-state index in [-0.39, 0.29) is 6.61 Å². The van der Waals surface area contributed by atoms with Gasteiger partial charge < -0.3 is 15.2 Å². The lowest BCUT2D eigenvalue weighted by atomic mass is 9.80. The van der Waals surface area contributed by atoms with E-state index in [4.69, 9.17) is 27.9 Å². The summed E-state index contributed by atoms with van der Waals surface area (Å²) >= 11 is 11.8. The second kappa shape index (κ2) is 7.51. The van der Waals surface area contributed by atoms with Crippen LogP contribution in [0.1, 0.15) is 26.2 Å². The lowest BCUT2D eigenvalue weighted by Crippen LogP contribution is -2.42. The Bertz CT molecular complexity index is 438. The number of hydrogen-bond acceptors (Lipinski definition) is 3. The van der Waals surface area contributed by atoms with Crippen LogP contribution in [0.5, 0.6) is 5.75 Å². The number of aliphatic hydroxyl groups excluding tert-OH is 1. The maximum atomic E-state index is 9.92. The molecular formula is C15H21Cl2NO2. The van der Waals surface area contributed by atoms with Crippen molar-refractivity contribution in [3.05, 3.63) is 28.2 Å². The molecule has 112 valence electrons. The minimum absolute atomic E-state index is 0.214. The molecule has 3 nitrogen and oxygen atoms in total. The smallest absolute Gasteiger partial charge is 0.138 e. The van der Waals surface area contributed by atoms with Crippen molar-refractivity contribution in [2.24, 2.45) is 5.92 Å². The van der Waals surface area contributed by atoms with Gasteiger partial charge in [0.05, 0.1) is 5.02 Å². The molecule has 1 aromatic carbocycles. The number of nitrogens with one attached hydrogen (secondary N) is 1. The van der Waals surface area contributed by atoms with Crippen molar-refractivity contribution in [1.29, 1.82) is 0 Å². The Morgan fingerprint density at radius 3 is 2.75 bits per heavy atom. The largest absolute Gasteiger partial charge is 0.489 e. The molecule has 2 rings (SSSR count). The molecule has 0 bridgehead atoms. The number of benzene rings is 1. The third kappa shape index (κ3) is 4.52. The van der Waals surface area contributed by atoms with Crippen LogP contribution in [0.2, 0.25) is 10.0 Å². The Hall–Kier alpha value is -0.480. The molecule has 1 aliphatic rings. The van der Waals surface area contributed by atoms with Crippen molar-refractivity contribution in [2.75, 3.05) is 13.2 Å². The molecule has 2 N–H and O–H groups in total. The number of ether oxygens (including phenoxy) is 1. The van der Waals surface area contributed by atoms with Crippen LogP contribution in [0, 0.1) is 5.92 Å². The minimum Gasteiger partial charge on any atom is -0.489 e. The molecule has 0 aromatic heterocycles. The highest BCUT2D eigenvalue weighted by atomic mass is 35.5. The van der Waals surface area contributed by atoms with Crippen LogP contribution in [0.4, 0.5) is 0 Å². The fourth-order valence-electron chi connectivity index (χ4n) is 2.27. The van der Waals surface area contributed by atoms with E-state index >= 15 is 0 Å². The van der Waals surface area contributed by atoms with E-state index < -0.39 is 6.10 Å². The molecule has 5 heteroatoms. The fraction of sp³-hybridized carbons (Fsp3) is 0.600. The van der Waals surface area contributed by atoms with Gasteiger partial charge in [0.15, 0.2) is 0 Å². The number of halogens is 2. The van der Waals surface area contributed by atoms with E-state index in [0.29, 0.717) is 28.4 Å². The molecule has 0 radical (unpaired) electrons. The minimum atomic E-state index is -0.552. The number of aliphatic hydroxyl groups is 1. The molecule has 20 heavy (non-hydrogen) atoms. The van der Waals surface area contributed by atoms with Crippen LogP contribution in [0.15, 0.2) is 18.2 Å². The first-order chi connectivity index (χ1) is 9.56. The highest BCUT2D eigenvalue weighted by Gasteiger charge is 2.23. The molecular weight excluding hydrogens is 297 g/mol. The maximum absolute atomic E-state index is 9.92. The Labute approximate surface area is 130 Å². The highest BCUT2D eigenvalue weighted by molar-refractivity contribution is 6.35. The fourth-order valence-corrected chi connectivity index (χ4v) is 2.73. The van der Waals surface area contributed by atoms with E-state index in [1.807, 2.05) is 0 Å². The van der Waals surface area contributed by atoms with E-state index in [9.17, 15) is 5.11 Å². The first-order valence-corrected chi connectivity index (χ1v) is 7.81. The summed E-state index contributed by atoms with van der Waals surface area (Å²) in [5.41, 5.74) is 0. The average molecular weight is 318 g/mol. The normalized spacial score (nSPS) is 18.4. The lowest BCUT2D eigenvalue weighted by Gasteiger charge is -2.32. The molecule has 1 saturated carbocycles. The first kappa shape index (κ1) is 15.9. The molecule has 1 aliphatic carbocycles.